The molecule has 0 saturated carbocycles. The Bertz CT molecular complexity index is 851. The number of oxime groups is 1. The van der Waals surface area contributed by atoms with Crippen LogP contribution in [0.5, 0.6) is 0 Å². The van der Waals surface area contributed by atoms with E-state index in [1.807, 2.05) is 0 Å². The largest absolute Gasteiger partial charge is 0.481 e. The van der Waals surface area contributed by atoms with Gasteiger partial charge in [0.25, 0.3) is 5.91 Å². The normalized spacial score (nSPS) is 24.9. The molecule has 0 aromatic rings. The van der Waals surface area contributed by atoms with Crippen LogP contribution in [0.3, 0.4) is 0 Å². The van der Waals surface area contributed by atoms with Crippen molar-refractivity contribution in [2.75, 3.05) is 31.3 Å². The lowest BCUT2D eigenvalue weighted by atomic mass is 9.88. The van der Waals surface area contributed by atoms with Crippen LogP contribution < -0.4 is 10.6 Å². The summed E-state index contributed by atoms with van der Waals surface area (Å²) in [5.41, 5.74) is -2.19. The molecule has 0 aromatic heterocycles. The highest BCUT2D eigenvalue weighted by Crippen LogP contribution is 2.42. The standard InChI is InChI=1S/C16H19BrN4O9S/c1-7(22)29-5-16(14(26)27)4-21-12(25)10(13(21)31-6-16)19-11(24)9(8(23)3-17)20-30-15(28)18-2/h10,13H,3-6H2,1-2H3,(H,18,28)(H,19,24)(H,26,27)/t10?,13-,16?/m1/s1. The Morgan fingerprint density at radius 2 is 2.03 bits per heavy atom. The number of halogens is 1. The molecule has 0 bridgehead atoms. The van der Waals surface area contributed by atoms with Gasteiger partial charge in [0.05, 0.1) is 5.33 Å². The SMILES string of the molecule is CNC(=O)ON=C(C(=O)CBr)C(=O)NC1C(=O)N2CC(COC(C)=O)(C(=O)O)CS[C@H]12. The van der Waals surface area contributed by atoms with Crippen molar-refractivity contribution in [1.82, 2.24) is 15.5 Å². The number of amides is 3. The molecule has 0 radical (unpaired) electrons. The van der Waals surface area contributed by atoms with E-state index < -0.39 is 64.8 Å². The molecular formula is C16H19BrN4O9S. The van der Waals surface area contributed by atoms with Crippen molar-refractivity contribution in [3.8, 4) is 0 Å². The second kappa shape index (κ2) is 10.1. The quantitative estimate of drug-likeness (QED) is 0.0658. The van der Waals surface area contributed by atoms with E-state index in [4.69, 9.17) is 4.74 Å². The van der Waals surface area contributed by atoms with Gasteiger partial charge in [0.1, 0.15) is 23.4 Å². The number of alkyl halides is 1. The Balaban J connectivity index is 2.09. The molecule has 3 amide bonds. The van der Waals surface area contributed by atoms with Gasteiger partial charge in [0.2, 0.25) is 17.4 Å². The van der Waals surface area contributed by atoms with Gasteiger partial charge in [-0.05, 0) is 0 Å². The second-order valence-electron chi connectivity index (χ2n) is 6.61. The molecule has 0 aliphatic carbocycles. The van der Waals surface area contributed by atoms with E-state index in [0.29, 0.717) is 0 Å². The second-order valence-corrected chi connectivity index (χ2v) is 8.28. The molecule has 31 heavy (non-hydrogen) atoms. The summed E-state index contributed by atoms with van der Waals surface area (Å²) < 4.78 is 4.86. The number of Topliss-reactive ketones (excluding diaryl/α,β-unsaturated/α-hetero) is 1. The molecule has 2 heterocycles. The monoisotopic (exact) mass is 522 g/mol. The molecule has 170 valence electrons. The molecule has 13 nitrogen and oxygen atoms in total. The van der Waals surface area contributed by atoms with Crippen molar-refractivity contribution < 1.29 is 43.4 Å². The molecule has 2 aliphatic rings. The number of hydrogen-bond donors (Lipinski definition) is 3. The van der Waals surface area contributed by atoms with Gasteiger partial charge in [0.15, 0.2) is 0 Å². The van der Waals surface area contributed by atoms with E-state index in [0.717, 1.165) is 18.7 Å². The lowest BCUT2D eigenvalue weighted by Crippen LogP contribution is -2.74. The first-order valence-electron chi connectivity index (χ1n) is 8.72. The van der Waals surface area contributed by atoms with E-state index >= 15 is 0 Å². The molecule has 2 saturated heterocycles. The molecule has 2 rings (SSSR count). The number of esters is 1. The first kappa shape index (κ1) is 24.6. The summed E-state index contributed by atoms with van der Waals surface area (Å²) in [7, 11) is 1.25. The number of ether oxygens (including phenoxy) is 1. The van der Waals surface area contributed by atoms with E-state index in [-0.39, 0.29) is 17.6 Å². The fourth-order valence-electron chi connectivity index (χ4n) is 2.77. The Kier molecular flexibility index (Phi) is 8.00. The summed E-state index contributed by atoms with van der Waals surface area (Å²) >= 11 is 3.98. The van der Waals surface area contributed by atoms with Crippen LogP contribution >= 0.6 is 27.7 Å². The fraction of sp³-hybridized carbons (Fsp3) is 0.562. The number of carboxylic acid groups (broad SMARTS) is 1. The van der Waals surface area contributed by atoms with Gasteiger partial charge in [0, 0.05) is 26.3 Å². The summed E-state index contributed by atoms with van der Waals surface area (Å²) in [6, 6.07) is -1.04. The highest BCUT2D eigenvalue weighted by molar-refractivity contribution is 9.09. The molecular weight excluding hydrogens is 504 g/mol. The minimum Gasteiger partial charge on any atom is -0.481 e. The number of carboxylic acids is 1. The molecule has 3 atom stereocenters. The summed E-state index contributed by atoms with van der Waals surface area (Å²) in [5.74, 6) is -4.22. The number of ketones is 1. The Hall–Kier alpha value is -2.68. The number of carbonyl (C=O) groups is 6. The van der Waals surface area contributed by atoms with Crippen LogP contribution in [-0.4, -0.2) is 94.0 Å². The molecule has 2 aliphatic heterocycles. The van der Waals surface area contributed by atoms with Crippen LogP contribution in [0.15, 0.2) is 5.16 Å². The molecule has 2 unspecified atom stereocenters. The van der Waals surface area contributed by atoms with E-state index in [1.54, 1.807) is 0 Å². The number of carbonyl (C=O) groups excluding carboxylic acids is 5. The van der Waals surface area contributed by atoms with Gasteiger partial charge >= 0.3 is 18.0 Å². The van der Waals surface area contributed by atoms with Crippen LogP contribution in [0, 0.1) is 5.41 Å². The summed E-state index contributed by atoms with van der Waals surface area (Å²) in [6.45, 7) is 0.543. The minimum absolute atomic E-state index is 0.0253. The van der Waals surface area contributed by atoms with Crippen LogP contribution in [0.1, 0.15) is 6.92 Å². The maximum atomic E-state index is 12.5. The molecule has 2 fully saturated rings. The van der Waals surface area contributed by atoms with Crippen LogP contribution in [0.4, 0.5) is 4.79 Å². The van der Waals surface area contributed by atoms with Crippen molar-refractivity contribution in [2.24, 2.45) is 10.6 Å². The van der Waals surface area contributed by atoms with Crippen molar-refractivity contribution in [2.45, 2.75) is 18.3 Å². The Morgan fingerprint density at radius 3 is 2.58 bits per heavy atom. The highest BCUT2D eigenvalue weighted by atomic mass is 79.9. The van der Waals surface area contributed by atoms with E-state index in [9.17, 15) is 33.9 Å². The van der Waals surface area contributed by atoms with Gasteiger partial charge in [-0.2, -0.15) is 0 Å². The maximum Gasteiger partial charge on any atom is 0.433 e. The number of nitrogens with zero attached hydrogens (tertiary/aromatic N) is 2. The molecule has 0 spiro atoms. The maximum absolute atomic E-state index is 12.5. The summed E-state index contributed by atoms with van der Waals surface area (Å²) in [4.78, 5) is 76.6. The average molecular weight is 523 g/mol. The predicted octanol–water partition coefficient (Wildman–Crippen LogP) is -1.30. The van der Waals surface area contributed by atoms with Crippen molar-refractivity contribution in [3.63, 3.8) is 0 Å². The lowest BCUT2D eigenvalue weighted by Gasteiger charge is -2.53. The Labute approximate surface area is 188 Å². The van der Waals surface area contributed by atoms with Gasteiger partial charge in [-0.3, -0.25) is 28.8 Å². The molecule has 3 N–H and O–H groups in total. The number of fused-ring (bicyclic) bond motifs is 1. The van der Waals surface area contributed by atoms with Gasteiger partial charge in [-0.25, -0.2) is 4.79 Å². The van der Waals surface area contributed by atoms with Gasteiger partial charge < -0.3 is 25.4 Å². The third-order valence-electron chi connectivity index (χ3n) is 4.46. The number of aliphatic carboxylic acids is 1. The summed E-state index contributed by atoms with van der Waals surface area (Å²) in [6.07, 6.45) is -1.00. The number of β-lactam (4-membered cyclic amide) rings is 1. The first-order valence-corrected chi connectivity index (χ1v) is 10.9. The summed E-state index contributed by atoms with van der Waals surface area (Å²) in [5, 5.41) is 16.4. The topological polar surface area (TPSA) is 181 Å². The van der Waals surface area contributed by atoms with Crippen LogP contribution in [-0.2, 0) is 33.5 Å². The zero-order valence-electron chi connectivity index (χ0n) is 16.4. The third kappa shape index (κ3) is 5.33. The zero-order chi connectivity index (χ0) is 23.3. The predicted molar refractivity (Wildman–Crippen MR) is 108 cm³/mol. The van der Waals surface area contributed by atoms with Gasteiger partial charge in [-0.15, -0.1) is 11.8 Å². The van der Waals surface area contributed by atoms with Crippen molar-refractivity contribution >= 4 is 69.0 Å². The minimum atomic E-state index is -1.47. The Morgan fingerprint density at radius 1 is 1.35 bits per heavy atom. The fourth-order valence-corrected chi connectivity index (χ4v) is 4.56. The lowest BCUT2D eigenvalue weighted by molar-refractivity contribution is -0.164. The average Bonchev–Trinajstić information content (AvgIpc) is 2.75. The molecule has 15 heteroatoms. The number of hydrogen-bond acceptors (Lipinski definition) is 10. The van der Waals surface area contributed by atoms with Crippen LogP contribution in [0.25, 0.3) is 0 Å². The number of nitrogens with one attached hydrogen (secondary N) is 2. The van der Waals surface area contributed by atoms with Crippen LogP contribution in [0.2, 0.25) is 0 Å². The zero-order valence-corrected chi connectivity index (χ0v) is 18.8. The number of thioether (sulfide) groups is 1. The van der Waals surface area contributed by atoms with E-state index in [1.165, 1.54) is 11.9 Å². The smallest absolute Gasteiger partial charge is 0.433 e. The van der Waals surface area contributed by atoms with Gasteiger partial charge in [-0.1, -0.05) is 21.1 Å². The highest BCUT2D eigenvalue weighted by Gasteiger charge is 2.58. The van der Waals surface area contributed by atoms with E-state index in [2.05, 4.69) is 36.6 Å². The molecule has 0 aromatic carbocycles. The van der Waals surface area contributed by atoms with Crippen molar-refractivity contribution in [1.29, 1.82) is 0 Å². The van der Waals surface area contributed by atoms with Crippen molar-refractivity contribution in [3.05, 3.63) is 0 Å². The third-order valence-corrected chi connectivity index (χ3v) is 6.56. The number of rotatable bonds is 8. The first-order chi connectivity index (χ1) is 14.6.